The van der Waals surface area contributed by atoms with Gasteiger partial charge in [-0.05, 0) is 18.2 Å². The second-order valence-electron chi connectivity index (χ2n) is 6.30. The number of benzene rings is 1. The monoisotopic (exact) mass is 479 g/mol. The predicted molar refractivity (Wildman–Crippen MR) is 112 cm³/mol. The first-order valence-electron chi connectivity index (χ1n) is 8.89. The molecule has 2 aromatic heterocycles. The number of methoxy groups -OCH3 is 1. The standard InChI is InChI=1S/C18H18BrN5O4S/c1-27-14-3-2-12(19)8-11(14)10-20-16(26)13-9-15(25)21-17-24(13)22-18(29-17)23-4-6-28-7-5-23/h2-3,8-9H,4-7,10H2,1H3,(H,20,26). The minimum atomic E-state index is -0.479. The van der Waals surface area contributed by atoms with Crippen LogP contribution in [0.15, 0.2) is 33.5 Å². The van der Waals surface area contributed by atoms with E-state index in [-0.39, 0.29) is 12.2 Å². The summed E-state index contributed by atoms with van der Waals surface area (Å²) >= 11 is 4.69. The smallest absolute Gasteiger partial charge is 0.274 e. The Morgan fingerprint density at radius 3 is 2.90 bits per heavy atom. The molecule has 0 saturated carbocycles. The molecule has 1 aliphatic heterocycles. The SMILES string of the molecule is COc1ccc(Br)cc1CNC(=O)c1cc(=O)nc2sc(N3CCOCC3)nn12. The fraction of sp³-hybridized carbons (Fsp3) is 0.333. The number of nitrogens with zero attached hydrogens (tertiary/aromatic N) is 4. The summed E-state index contributed by atoms with van der Waals surface area (Å²) in [6, 6.07) is 6.74. The maximum atomic E-state index is 12.8. The number of fused-ring (bicyclic) bond motifs is 1. The van der Waals surface area contributed by atoms with Crippen LogP contribution in [0.3, 0.4) is 0 Å². The average Bonchev–Trinajstić information content (AvgIpc) is 3.16. The number of amides is 1. The van der Waals surface area contributed by atoms with Gasteiger partial charge in [-0.15, -0.1) is 5.10 Å². The van der Waals surface area contributed by atoms with Crippen LogP contribution in [0.4, 0.5) is 5.13 Å². The first-order chi connectivity index (χ1) is 14.0. The molecule has 0 aliphatic carbocycles. The van der Waals surface area contributed by atoms with Crippen molar-refractivity contribution >= 4 is 43.3 Å². The van der Waals surface area contributed by atoms with Gasteiger partial charge in [-0.3, -0.25) is 9.59 Å². The fourth-order valence-electron chi connectivity index (χ4n) is 3.00. The Balaban J connectivity index is 1.61. The number of aromatic nitrogens is 3. The van der Waals surface area contributed by atoms with Crippen molar-refractivity contribution in [3.8, 4) is 5.75 Å². The summed E-state index contributed by atoms with van der Waals surface area (Å²) in [4.78, 5) is 31.3. The van der Waals surface area contributed by atoms with Gasteiger partial charge < -0.3 is 19.7 Å². The summed E-state index contributed by atoms with van der Waals surface area (Å²) in [7, 11) is 1.57. The number of rotatable bonds is 5. The van der Waals surface area contributed by atoms with E-state index in [2.05, 4.69) is 36.2 Å². The number of halogens is 1. The van der Waals surface area contributed by atoms with E-state index in [0.717, 1.165) is 10.0 Å². The van der Waals surface area contributed by atoms with E-state index < -0.39 is 11.5 Å². The molecular formula is C18H18BrN5O4S. The van der Waals surface area contributed by atoms with E-state index >= 15 is 0 Å². The third-order valence-electron chi connectivity index (χ3n) is 4.44. The molecule has 0 bridgehead atoms. The molecule has 4 rings (SSSR count). The van der Waals surface area contributed by atoms with Crippen LogP contribution in [0.1, 0.15) is 16.1 Å². The maximum absolute atomic E-state index is 12.8. The highest BCUT2D eigenvalue weighted by Crippen LogP contribution is 2.24. The molecule has 1 saturated heterocycles. The minimum Gasteiger partial charge on any atom is -0.496 e. The van der Waals surface area contributed by atoms with Crippen molar-refractivity contribution in [1.29, 1.82) is 0 Å². The first-order valence-corrected chi connectivity index (χ1v) is 10.5. The largest absolute Gasteiger partial charge is 0.496 e. The highest BCUT2D eigenvalue weighted by atomic mass is 79.9. The van der Waals surface area contributed by atoms with E-state index in [1.165, 1.54) is 21.9 Å². The number of hydrogen-bond donors (Lipinski definition) is 1. The minimum absolute atomic E-state index is 0.143. The van der Waals surface area contributed by atoms with Crippen molar-refractivity contribution in [3.05, 3.63) is 50.3 Å². The van der Waals surface area contributed by atoms with Gasteiger partial charge in [0.25, 0.3) is 11.5 Å². The second-order valence-corrected chi connectivity index (χ2v) is 8.15. The zero-order valence-electron chi connectivity index (χ0n) is 15.6. The molecule has 29 heavy (non-hydrogen) atoms. The number of nitrogens with one attached hydrogen (secondary N) is 1. The number of carbonyl (C=O) groups is 1. The lowest BCUT2D eigenvalue weighted by Crippen LogP contribution is -2.36. The molecule has 9 nitrogen and oxygen atoms in total. The van der Waals surface area contributed by atoms with Crippen LogP contribution in [0, 0.1) is 0 Å². The average molecular weight is 480 g/mol. The van der Waals surface area contributed by atoms with Crippen molar-refractivity contribution in [1.82, 2.24) is 19.9 Å². The number of carbonyl (C=O) groups excluding carboxylic acids is 1. The van der Waals surface area contributed by atoms with E-state index in [1.54, 1.807) is 7.11 Å². The summed E-state index contributed by atoms with van der Waals surface area (Å²) < 4.78 is 13.0. The lowest BCUT2D eigenvalue weighted by molar-refractivity contribution is 0.0942. The summed E-state index contributed by atoms with van der Waals surface area (Å²) in [6.45, 7) is 2.87. The number of morpholine rings is 1. The van der Waals surface area contributed by atoms with E-state index in [0.29, 0.717) is 42.1 Å². The van der Waals surface area contributed by atoms with Gasteiger partial charge in [-0.25, -0.2) is 0 Å². The summed E-state index contributed by atoms with van der Waals surface area (Å²) in [5.74, 6) is 0.245. The molecule has 11 heteroatoms. The Kier molecular flexibility index (Phi) is 5.79. The number of hydrogen-bond acceptors (Lipinski definition) is 8. The lowest BCUT2D eigenvalue weighted by Gasteiger charge is -2.25. The van der Waals surface area contributed by atoms with Crippen LogP contribution in [-0.4, -0.2) is 53.9 Å². The quantitative estimate of drug-likeness (QED) is 0.594. The Labute approximate surface area is 178 Å². The number of anilines is 1. The lowest BCUT2D eigenvalue weighted by atomic mass is 10.2. The van der Waals surface area contributed by atoms with E-state index in [1.807, 2.05) is 18.2 Å². The third-order valence-corrected chi connectivity index (χ3v) is 5.90. The van der Waals surface area contributed by atoms with Crippen molar-refractivity contribution in [2.45, 2.75) is 6.54 Å². The van der Waals surface area contributed by atoms with Gasteiger partial charge in [-0.2, -0.15) is 9.50 Å². The van der Waals surface area contributed by atoms with Gasteiger partial charge in [0.1, 0.15) is 11.4 Å². The van der Waals surface area contributed by atoms with Crippen molar-refractivity contribution in [3.63, 3.8) is 0 Å². The van der Waals surface area contributed by atoms with Gasteiger partial charge in [0.2, 0.25) is 10.1 Å². The molecule has 0 unspecified atom stereocenters. The molecule has 1 aromatic carbocycles. The first kappa shape index (κ1) is 19.8. The molecule has 3 heterocycles. The van der Waals surface area contributed by atoms with E-state index in [9.17, 15) is 9.59 Å². The number of ether oxygens (including phenoxy) is 2. The van der Waals surface area contributed by atoms with Crippen LogP contribution in [0.2, 0.25) is 0 Å². The van der Waals surface area contributed by atoms with Gasteiger partial charge in [-0.1, -0.05) is 27.3 Å². The molecule has 1 fully saturated rings. The van der Waals surface area contributed by atoms with Crippen molar-refractivity contribution < 1.29 is 14.3 Å². The van der Waals surface area contributed by atoms with Crippen LogP contribution in [0.25, 0.3) is 4.96 Å². The molecule has 0 radical (unpaired) electrons. The Bertz CT molecular complexity index is 1110. The highest BCUT2D eigenvalue weighted by molar-refractivity contribution is 9.10. The second kappa shape index (κ2) is 8.47. The molecular weight excluding hydrogens is 462 g/mol. The van der Waals surface area contributed by atoms with Crippen molar-refractivity contribution in [2.75, 3.05) is 38.3 Å². The van der Waals surface area contributed by atoms with Gasteiger partial charge in [0.15, 0.2) is 0 Å². The Morgan fingerprint density at radius 2 is 2.14 bits per heavy atom. The Hall–Kier alpha value is -2.50. The topological polar surface area (TPSA) is 98.1 Å². The van der Waals surface area contributed by atoms with Crippen LogP contribution in [-0.2, 0) is 11.3 Å². The van der Waals surface area contributed by atoms with E-state index in [4.69, 9.17) is 9.47 Å². The molecule has 152 valence electrons. The summed E-state index contributed by atoms with van der Waals surface area (Å²) in [6.07, 6.45) is 0. The van der Waals surface area contributed by atoms with Crippen LogP contribution in [0.5, 0.6) is 5.75 Å². The predicted octanol–water partition coefficient (Wildman–Crippen LogP) is 1.69. The zero-order chi connectivity index (χ0) is 20.4. The van der Waals surface area contributed by atoms with Crippen molar-refractivity contribution in [2.24, 2.45) is 0 Å². The molecule has 1 amide bonds. The molecule has 0 spiro atoms. The van der Waals surface area contributed by atoms with Gasteiger partial charge in [0, 0.05) is 35.7 Å². The maximum Gasteiger partial charge on any atom is 0.274 e. The van der Waals surface area contributed by atoms with Crippen LogP contribution >= 0.6 is 27.3 Å². The third kappa shape index (κ3) is 4.26. The molecule has 1 aliphatic rings. The molecule has 3 aromatic rings. The normalized spacial score (nSPS) is 14.2. The highest BCUT2D eigenvalue weighted by Gasteiger charge is 2.20. The van der Waals surface area contributed by atoms with Gasteiger partial charge >= 0.3 is 0 Å². The van der Waals surface area contributed by atoms with Gasteiger partial charge in [0.05, 0.1) is 20.3 Å². The Morgan fingerprint density at radius 1 is 1.34 bits per heavy atom. The summed E-state index contributed by atoms with van der Waals surface area (Å²) in [5, 5.41) is 8.04. The fourth-order valence-corrected chi connectivity index (χ4v) is 4.37. The molecule has 0 atom stereocenters. The summed E-state index contributed by atoms with van der Waals surface area (Å²) in [5.41, 5.74) is 0.470. The molecule has 1 N–H and O–H groups in total. The van der Waals surface area contributed by atoms with Crippen LogP contribution < -0.4 is 20.5 Å². The zero-order valence-corrected chi connectivity index (χ0v) is 18.0.